The minimum Gasteiger partial charge on any atom is -0.490 e. The van der Waals surface area contributed by atoms with Gasteiger partial charge in [-0.15, -0.1) is 0 Å². The van der Waals surface area contributed by atoms with E-state index < -0.39 is 21.7 Å². The Bertz CT molecular complexity index is 1260. The Morgan fingerprint density at radius 2 is 1.94 bits per heavy atom. The molecule has 33 heavy (non-hydrogen) atoms. The van der Waals surface area contributed by atoms with E-state index in [4.69, 9.17) is 9.88 Å². The van der Waals surface area contributed by atoms with Crippen molar-refractivity contribution < 1.29 is 21.9 Å². The molecule has 0 amide bonds. The van der Waals surface area contributed by atoms with Crippen LogP contribution in [0.2, 0.25) is 0 Å². The third-order valence-electron chi connectivity index (χ3n) is 5.31. The summed E-state index contributed by atoms with van der Waals surface area (Å²) < 4.78 is 55.9. The molecule has 1 atom stereocenters. The van der Waals surface area contributed by atoms with Crippen LogP contribution in [-0.2, 0) is 16.4 Å². The number of aromatic nitrogens is 4. The van der Waals surface area contributed by atoms with Gasteiger partial charge in [-0.25, -0.2) is 37.9 Å². The fourth-order valence-corrected chi connectivity index (χ4v) is 4.22. The van der Waals surface area contributed by atoms with Crippen LogP contribution < -0.4 is 14.8 Å². The van der Waals surface area contributed by atoms with Crippen molar-refractivity contribution in [3.63, 3.8) is 0 Å². The number of hydrogen-bond donors (Lipinski definition) is 1. The van der Waals surface area contributed by atoms with Crippen molar-refractivity contribution in [2.75, 3.05) is 23.8 Å². The molecule has 0 aliphatic carbocycles. The van der Waals surface area contributed by atoms with Crippen LogP contribution >= 0.6 is 0 Å². The predicted molar refractivity (Wildman–Crippen MR) is 117 cm³/mol. The molecule has 1 aliphatic rings. The van der Waals surface area contributed by atoms with Gasteiger partial charge >= 0.3 is 0 Å². The van der Waals surface area contributed by atoms with Gasteiger partial charge in [-0.3, -0.25) is 0 Å². The molecule has 9 nitrogen and oxygen atoms in total. The van der Waals surface area contributed by atoms with E-state index in [0.717, 1.165) is 17.3 Å². The van der Waals surface area contributed by atoms with Gasteiger partial charge in [0.15, 0.2) is 23.2 Å². The molecular formula is C21H22F2N6O3S. The molecule has 0 saturated heterocycles. The van der Waals surface area contributed by atoms with Crippen molar-refractivity contribution in [3.8, 4) is 17.4 Å². The summed E-state index contributed by atoms with van der Waals surface area (Å²) in [4.78, 5) is 19.2. The number of fused-ring (bicyclic) bond motifs is 1. The monoisotopic (exact) mass is 476 g/mol. The second-order valence-electron chi connectivity index (χ2n) is 7.60. The highest BCUT2D eigenvalue weighted by atomic mass is 32.2. The lowest BCUT2D eigenvalue weighted by molar-refractivity contribution is 0.295. The minimum absolute atomic E-state index is 0.0579. The average molecular weight is 477 g/mol. The smallest absolute Gasteiger partial charge is 0.209 e. The molecule has 2 N–H and O–H groups in total. The first kappa shape index (κ1) is 22.9. The third-order valence-corrected chi connectivity index (χ3v) is 6.17. The van der Waals surface area contributed by atoms with E-state index in [1.165, 1.54) is 6.07 Å². The van der Waals surface area contributed by atoms with Gasteiger partial charge in [0, 0.05) is 54.9 Å². The lowest BCUT2D eigenvalue weighted by Crippen LogP contribution is -2.35. The van der Waals surface area contributed by atoms with Crippen molar-refractivity contribution in [1.82, 2.24) is 19.9 Å². The summed E-state index contributed by atoms with van der Waals surface area (Å²) in [6, 6.07) is 4.02. The largest absolute Gasteiger partial charge is 0.490 e. The van der Waals surface area contributed by atoms with Crippen LogP contribution in [-0.4, -0.2) is 47.3 Å². The maximum atomic E-state index is 14.3. The molecule has 1 aromatic carbocycles. The number of nitrogens with two attached hydrogens (primary N) is 1. The first-order chi connectivity index (χ1) is 15.7. The second-order valence-corrected chi connectivity index (χ2v) is 9.33. The number of sulfonamides is 1. The molecule has 4 rings (SSSR count). The summed E-state index contributed by atoms with van der Waals surface area (Å²) in [5.41, 5.74) is 2.14. The lowest BCUT2D eigenvalue weighted by atomic mass is 9.98. The molecule has 1 unspecified atom stereocenters. The van der Waals surface area contributed by atoms with Crippen LogP contribution in [0.1, 0.15) is 30.6 Å². The number of primary sulfonamides is 1. The van der Waals surface area contributed by atoms with E-state index in [0.29, 0.717) is 30.3 Å². The lowest BCUT2D eigenvalue weighted by Gasteiger charge is -2.36. The molecule has 0 saturated carbocycles. The zero-order valence-electron chi connectivity index (χ0n) is 17.8. The first-order valence-electron chi connectivity index (χ1n) is 10.2. The van der Waals surface area contributed by atoms with Gasteiger partial charge in [-0.2, -0.15) is 4.39 Å². The molecule has 174 valence electrons. The van der Waals surface area contributed by atoms with E-state index in [-0.39, 0.29) is 30.6 Å². The Kier molecular flexibility index (Phi) is 6.47. The standard InChI is InChI=1S/C21H22F2N6O3S/c1-13-15-12-27-21(20-25-5-2-6-26-20)28-17(15)4-7-29(13)14-10-16(22)19(23)18(11-14)32-8-3-9-33(24,30)31/h2,5-6,10-13H,3-4,7-9H2,1H3,(H2,24,30,31). The van der Waals surface area contributed by atoms with E-state index in [1.54, 1.807) is 24.7 Å². The maximum absolute atomic E-state index is 14.3. The van der Waals surface area contributed by atoms with Gasteiger partial charge in [-0.05, 0) is 19.4 Å². The molecule has 0 spiro atoms. The second kappa shape index (κ2) is 9.32. The van der Waals surface area contributed by atoms with Crippen molar-refractivity contribution in [1.29, 1.82) is 0 Å². The van der Waals surface area contributed by atoms with Gasteiger partial charge in [0.25, 0.3) is 0 Å². The van der Waals surface area contributed by atoms with Gasteiger partial charge in [0.1, 0.15) is 0 Å². The Morgan fingerprint density at radius 3 is 2.67 bits per heavy atom. The molecular weight excluding hydrogens is 454 g/mol. The van der Waals surface area contributed by atoms with Crippen LogP contribution in [0.3, 0.4) is 0 Å². The summed E-state index contributed by atoms with van der Waals surface area (Å²) in [5.74, 6) is -1.93. The Labute approximate surface area is 189 Å². The number of hydrogen-bond acceptors (Lipinski definition) is 8. The van der Waals surface area contributed by atoms with Crippen LogP contribution in [0.25, 0.3) is 11.6 Å². The van der Waals surface area contributed by atoms with Crippen molar-refractivity contribution in [3.05, 3.63) is 59.7 Å². The first-order valence-corrected chi connectivity index (χ1v) is 12.0. The van der Waals surface area contributed by atoms with Crippen LogP contribution in [0.15, 0.2) is 36.8 Å². The number of nitrogens with zero attached hydrogens (tertiary/aromatic N) is 5. The minimum atomic E-state index is -3.65. The van der Waals surface area contributed by atoms with E-state index in [9.17, 15) is 17.2 Å². The number of anilines is 1. The summed E-state index contributed by atoms with van der Waals surface area (Å²) in [6.07, 6.45) is 5.56. The van der Waals surface area contributed by atoms with Gasteiger partial charge in [-0.1, -0.05) is 0 Å². The van der Waals surface area contributed by atoms with Crippen molar-refractivity contribution >= 4 is 15.7 Å². The molecule has 3 heterocycles. The van der Waals surface area contributed by atoms with Crippen molar-refractivity contribution in [2.45, 2.75) is 25.8 Å². The van der Waals surface area contributed by atoms with Crippen LogP contribution in [0, 0.1) is 11.6 Å². The quantitative estimate of drug-likeness (QED) is 0.516. The zero-order valence-corrected chi connectivity index (χ0v) is 18.6. The highest BCUT2D eigenvalue weighted by molar-refractivity contribution is 7.89. The zero-order chi connectivity index (χ0) is 23.6. The molecule has 0 bridgehead atoms. The van der Waals surface area contributed by atoms with E-state index in [1.807, 2.05) is 11.8 Å². The number of ether oxygens (including phenoxy) is 1. The van der Waals surface area contributed by atoms with E-state index >= 15 is 0 Å². The van der Waals surface area contributed by atoms with Crippen LogP contribution in [0.4, 0.5) is 14.5 Å². The summed E-state index contributed by atoms with van der Waals surface area (Å²) >= 11 is 0. The average Bonchev–Trinajstić information content (AvgIpc) is 2.79. The fourth-order valence-electron chi connectivity index (χ4n) is 3.70. The topological polar surface area (TPSA) is 124 Å². The third kappa shape index (κ3) is 5.22. The number of halogens is 2. The Hall–Kier alpha value is -3.25. The van der Waals surface area contributed by atoms with Gasteiger partial charge < -0.3 is 9.64 Å². The van der Waals surface area contributed by atoms with Crippen molar-refractivity contribution in [2.24, 2.45) is 5.14 Å². The number of benzene rings is 1. The molecule has 1 aliphatic heterocycles. The number of rotatable bonds is 7. The normalized spacial score (nSPS) is 15.9. The van der Waals surface area contributed by atoms with Gasteiger partial charge in [0.2, 0.25) is 15.8 Å². The van der Waals surface area contributed by atoms with Crippen LogP contribution in [0.5, 0.6) is 5.75 Å². The highest BCUT2D eigenvalue weighted by Gasteiger charge is 2.28. The maximum Gasteiger partial charge on any atom is 0.209 e. The molecule has 0 fully saturated rings. The Morgan fingerprint density at radius 1 is 1.18 bits per heavy atom. The summed E-state index contributed by atoms with van der Waals surface area (Å²) in [5, 5.41) is 4.95. The summed E-state index contributed by atoms with van der Waals surface area (Å²) in [7, 11) is -3.65. The SMILES string of the molecule is CC1c2cnc(-c3ncccn3)nc2CCN1c1cc(F)c(F)c(OCCCS(N)(=O)=O)c1. The predicted octanol–water partition coefficient (Wildman–Crippen LogP) is 2.39. The van der Waals surface area contributed by atoms with Gasteiger partial charge in [0.05, 0.1) is 24.1 Å². The Balaban J connectivity index is 1.55. The molecule has 12 heteroatoms. The highest BCUT2D eigenvalue weighted by Crippen LogP contribution is 2.36. The molecule has 0 radical (unpaired) electrons. The van der Waals surface area contributed by atoms with E-state index in [2.05, 4.69) is 19.9 Å². The summed E-state index contributed by atoms with van der Waals surface area (Å²) in [6.45, 7) is 2.32. The fraction of sp³-hybridized carbons (Fsp3) is 0.333. The molecule has 2 aromatic heterocycles. The molecule has 3 aromatic rings.